The van der Waals surface area contributed by atoms with E-state index in [0.29, 0.717) is 6.04 Å². The molecule has 0 spiro atoms. The number of para-hydroxylation sites is 1. The van der Waals surface area contributed by atoms with Crippen LogP contribution in [-0.2, 0) is 6.42 Å². The molecule has 0 unspecified atom stereocenters. The van der Waals surface area contributed by atoms with E-state index in [4.69, 9.17) is 9.97 Å². The zero-order valence-electron chi connectivity index (χ0n) is 14.4. The SMILES string of the molecule is c1csc(-c2nc(N[C@@H]3CCCc4ccccc43)c3ccccc3n2)c1. The first-order valence-corrected chi connectivity index (χ1v) is 9.91. The Morgan fingerprint density at radius 1 is 0.923 bits per heavy atom. The normalized spacial score (nSPS) is 16.4. The molecular formula is C22H19N3S. The summed E-state index contributed by atoms with van der Waals surface area (Å²) in [5.74, 6) is 1.73. The molecule has 2 aromatic carbocycles. The van der Waals surface area contributed by atoms with Gasteiger partial charge in [-0.15, -0.1) is 11.3 Å². The topological polar surface area (TPSA) is 37.8 Å². The molecule has 1 aliphatic carbocycles. The average Bonchev–Trinajstić information content (AvgIpc) is 3.23. The van der Waals surface area contributed by atoms with E-state index in [0.717, 1.165) is 33.8 Å². The van der Waals surface area contributed by atoms with Gasteiger partial charge in [-0.05, 0) is 54.0 Å². The molecule has 128 valence electrons. The number of thiophene rings is 1. The van der Waals surface area contributed by atoms with Gasteiger partial charge in [-0.1, -0.05) is 42.5 Å². The predicted molar refractivity (Wildman–Crippen MR) is 109 cm³/mol. The van der Waals surface area contributed by atoms with Gasteiger partial charge in [0.05, 0.1) is 16.4 Å². The number of fused-ring (bicyclic) bond motifs is 2. The number of benzene rings is 2. The molecule has 5 rings (SSSR count). The van der Waals surface area contributed by atoms with Crippen molar-refractivity contribution in [2.75, 3.05) is 5.32 Å². The van der Waals surface area contributed by atoms with Crippen LogP contribution in [0.15, 0.2) is 66.0 Å². The molecule has 0 aliphatic heterocycles. The summed E-state index contributed by atoms with van der Waals surface area (Å²) >= 11 is 1.68. The summed E-state index contributed by atoms with van der Waals surface area (Å²) in [6, 6.07) is 21.4. The van der Waals surface area contributed by atoms with Gasteiger partial charge in [0.2, 0.25) is 0 Å². The Kier molecular flexibility index (Phi) is 3.91. The third-order valence-electron chi connectivity index (χ3n) is 5.03. The molecule has 3 nitrogen and oxygen atoms in total. The fraction of sp³-hybridized carbons (Fsp3) is 0.182. The third kappa shape index (κ3) is 2.76. The lowest BCUT2D eigenvalue weighted by Gasteiger charge is -2.27. The molecule has 4 aromatic rings. The van der Waals surface area contributed by atoms with Crippen LogP contribution in [0.2, 0.25) is 0 Å². The van der Waals surface area contributed by atoms with E-state index in [1.165, 1.54) is 24.0 Å². The number of nitrogens with zero attached hydrogens (tertiary/aromatic N) is 2. The summed E-state index contributed by atoms with van der Waals surface area (Å²) < 4.78 is 0. The van der Waals surface area contributed by atoms with Crippen molar-refractivity contribution in [3.63, 3.8) is 0 Å². The Morgan fingerprint density at radius 3 is 2.73 bits per heavy atom. The van der Waals surface area contributed by atoms with Crippen LogP contribution in [0.25, 0.3) is 21.6 Å². The van der Waals surface area contributed by atoms with Gasteiger partial charge in [-0.25, -0.2) is 9.97 Å². The minimum atomic E-state index is 0.300. The monoisotopic (exact) mass is 357 g/mol. The summed E-state index contributed by atoms with van der Waals surface area (Å²) in [6.45, 7) is 0. The van der Waals surface area contributed by atoms with E-state index in [1.54, 1.807) is 11.3 Å². The second-order valence-electron chi connectivity index (χ2n) is 6.68. The fourth-order valence-electron chi connectivity index (χ4n) is 3.77. The van der Waals surface area contributed by atoms with Gasteiger partial charge in [0, 0.05) is 5.39 Å². The number of hydrogen-bond donors (Lipinski definition) is 1. The molecule has 1 aliphatic rings. The molecule has 0 saturated heterocycles. The Bertz CT molecular complexity index is 1060. The van der Waals surface area contributed by atoms with Crippen LogP contribution in [-0.4, -0.2) is 9.97 Å². The zero-order chi connectivity index (χ0) is 17.3. The Hall–Kier alpha value is -2.72. The highest BCUT2D eigenvalue weighted by Gasteiger charge is 2.21. The molecule has 1 atom stereocenters. The van der Waals surface area contributed by atoms with E-state index in [2.05, 4.69) is 59.2 Å². The van der Waals surface area contributed by atoms with E-state index in [-0.39, 0.29) is 0 Å². The maximum atomic E-state index is 4.90. The van der Waals surface area contributed by atoms with E-state index >= 15 is 0 Å². The summed E-state index contributed by atoms with van der Waals surface area (Å²) in [7, 11) is 0. The fourth-order valence-corrected chi connectivity index (χ4v) is 4.43. The second kappa shape index (κ2) is 6.54. The first-order chi connectivity index (χ1) is 12.9. The van der Waals surface area contributed by atoms with Crippen molar-refractivity contribution in [1.29, 1.82) is 0 Å². The lowest BCUT2D eigenvalue weighted by Crippen LogP contribution is -2.18. The largest absolute Gasteiger partial charge is 0.363 e. The minimum absolute atomic E-state index is 0.300. The lowest BCUT2D eigenvalue weighted by atomic mass is 9.88. The minimum Gasteiger partial charge on any atom is -0.363 e. The first-order valence-electron chi connectivity index (χ1n) is 9.03. The van der Waals surface area contributed by atoms with E-state index < -0.39 is 0 Å². The van der Waals surface area contributed by atoms with Crippen molar-refractivity contribution in [1.82, 2.24) is 9.97 Å². The van der Waals surface area contributed by atoms with Gasteiger partial charge in [0.25, 0.3) is 0 Å². The van der Waals surface area contributed by atoms with Crippen molar-refractivity contribution < 1.29 is 0 Å². The lowest BCUT2D eigenvalue weighted by molar-refractivity contribution is 0.599. The molecule has 0 saturated carbocycles. The molecule has 1 N–H and O–H groups in total. The molecule has 0 amide bonds. The van der Waals surface area contributed by atoms with Crippen molar-refractivity contribution >= 4 is 28.1 Å². The number of aryl methyl sites for hydroxylation is 1. The zero-order valence-corrected chi connectivity index (χ0v) is 15.2. The number of hydrogen-bond acceptors (Lipinski definition) is 4. The van der Waals surface area contributed by atoms with Gasteiger partial charge < -0.3 is 5.32 Å². The summed E-state index contributed by atoms with van der Waals surface area (Å²) in [6.07, 6.45) is 3.50. The van der Waals surface area contributed by atoms with Crippen molar-refractivity contribution in [3.8, 4) is 10.7 Å². The smallest absolute Gasteiger partial charge is 0.172 e. The third-order valence-corrected chi connectivity index (χ3v) is 5.89. The van der Waals surface area contributed by atoms with Gasteiger partial charge >= 0.3 is 0 Å². The molecule has 0 fully saturated rings. The Balaban J connectivity index is 1.61. The van der Waals surface area contributed by atoms with Gasteiger partial charge in [0.15, 0.2) is 5.82 Å². The predicted octanol–water partition coefficient (Wildman–Crippen LogP) is 5.85. The Labute approximate surface area is 156 Å². The average molecular weight is 357 g/mol. The number of anilines is 1. The van der Waals surface area contributed by atoms with Gasteiger partial charge in [-0.3, -0.25) is 0 Å². The van der Waals surface area contributed by atoms with Crippen LogP contribution >= 0.6 is 11.3 Å². The van der Waals surface area contributed by atoms with Crippen LogP contribution in [0, 0.1) is 0 Å². The highest BCUT2D eigenvalue weighted by atomic mass is 32.1. The number of aromatic nitrogens is 2. The summed E-state index contributed by atoms with van der Waals surface area (Å²) in [5.41, 5.74) is 3.84. The van der Waals surface area contributed by atoms with Gasteiger partial charge in [-0.2, -0.15) is 0 Å². The van der Waals surface area contributed by atoms with Crippen LogP contribution in [0.1, 0.15) is 30.0 Å². The molecule has 0 radical (unpaired) electrons. The van der Waals surface area contributed by atoms with E-state index in [1.807, 2.05) is 12.1 Å². The van der Waals surface area contributed by atoms with Crippen molar-refractivity contribution in [2.24, 2.45) is 0 Å². The number of nitrogens with one attached hydrogen (secondary N) is 1. The first kappa shape index (κ1) is 15.5. The quantitative estimate of drug-likeness (QED) is 0.500. The van der Waals surface area contributed by atoms with Crippen LogP contribution in [0.3, 0.4) is 0 Å². The molecule has 0 bridgehead atoms. The highest BCUT2D eigenvalue weighted by molar-refractivity contribution is 7.13. The molecule has 2 heterocycles. The van der Waals surface area contributed by atoms with Gasteiger partial charge in [0.1, 0.15) is 5.82 Å². The maximum absolute atomic E-state index is 4.90. The molecule has 26 heavy (non-hydrogen) atoms. The molecule has 2 aromatic heterocycles. The standard InChI is InChI=1S/C22H19N3S/c1-2-9-16-15(7-1)8-5-12-18(16)23-21-17-10-3-4-11-19(17)24-22(25-21)20-13-6-14-26-20/h1-4,6-7,9-11,13-14,18H,5,8,12H2,(H,23,24,25)/t18-/m1/s1. The summed E-state index contributed by atoms with van der Waals surface area (Å²) in [4.78, 5) is 10.8. The Morgan fingerprint density at radius 2 is 1.81 bits per heavy atom. The highest BCUT2D eigenvalue weighted by Crippen LogP contribution is 2.34. The second-order valence-corrected chi connectivity index (χ2v) is 7.63. The summed E-state index contributed by atoms with van der Waals surface area (Å²) in [5, 5.41) is 6.88. The number of rotatable bonds is 3. The van der Waals surface area contributed by atoms with E-state index in [9.17, 15) is 0 Å². The van der Waals surface area contributed by atoms with Crippen molar-refractivity contribution in [3.05, 3.63) is 77.2 Å². The van der Waals surface area contributed by atoms with Crippen LogP contribution < -0.4 is 5.32 Å². The molecular weight excluding hydrogens is 338 g/mol. The van der Waals surface area contributed by atoms with Crippen molar-refractivity contribution in [2.45, 2.75) is 25.3 Å². The van der Waals surface area contributed by atoms with Crippen LogP contribution in [0.4, 0.5) is 5.82 Å². The van der Waals surface area contributed by atoms with Crippen LogP contribution in [0.5, 0.6) is 0 Å². The maximum Gasteiger partial charge on any atom is 0.172 e. The molecule has 4 heteroatoms.